The molecule has 0 aliphatic carbocycles. The Bertz CT molecular complexity index is 1990. The van der Waals surface area contributed by atoms with E-state index in [0.717, 1.165) is 30.3 Å². The third kappa shape index (κ3) is 4.90. The molecule has 0 unspecified atom stereocenters. The highest BCUT2D eigenvalue weighted by Crippen LogP contribution is 2.43. The minimum atomic E-state index is -5.07. The first-order valence-corrected chi connectivity index (χ1v) is 14.1. The maximum Gasteiger partial charge on any atom is 0.296 e. The number of nitrogens with zero attached hydrogens (tertiary/aromatic N) is 2. The van der Waals surface area contributed by atoms with Gasteiger partial charge in [0.15, 0.2) is 5.75 Å². The lowest BCUT2D eigenvalue weighted by atomic mass is 10.1. The first kappa shape index (κ1) is 26.2. The van der Waals surface area contributed by atoms with Gasteiger partial charge in [-0.2, -0.15) is 25.3 Å². The molecule has 14 nitrogen and oxygen atoms in total. The second-order valence-corrected chi connectivity index (χ2v) is 11.9. The maximum absolute atomic E-state index is 12.1. The standard InChI is InChI=1S/C20H16N4O10S3/c21-14-3-4-16(13-7-10(35(26,27)28)1-2-11(13)14)23-24-19-18(37(32,33)34)6-9-5-17(36(29,30)31)15(22)8-12(9)20(19)25/h1-8,25H,21-22H2,(H,26,27,28)(H,29,30,31)(H,32,33,34)/b24-23+. The quantitative estimate of drug-likeness (QED) is 0.115. The van der Waals surface area contributed by atoms with E-state index in [9.17, 15) is 44.0 Å². The van der Waals surface area contributed by atoms with Crippen LogP contribution < -0.4 is 11.5 Å². The van der Waals surface area contributed by atoms with Gasteiger partial charge in [-0.25, -0.2) is 0 Å². The molecule has 17 heteroatoms. The fourth-order valence-corrected chi connectivity index (χ4v) is 5.39. The van der Waals surface area contributed by atoms with E-state index in [0.29, 0.717) is 5.39 Å². The van der Waals surface area contributed by atoms with Gasteiger partial charge in [0.1, 0.15) is 15.5 Å². The van der Waals surface area contributed by atoms with Gasteiger partial charge >= 0.3 is 0 Å². The van der Waals surface area contributed by atoms with Gasteiger partial charge in [0, 0.05) is 21.8 Å². The molecule has 4 aromatic carbocycles. The van der Waals surface area contributed by atoms with Gasteiger partial charge in [0.25, 0.3) is 30.4 Å². The van der Waals surface area contributed by atoms with Crippen molar-refractivity contribution in [2.24, 2.45) is 10.2 Å². The average Bonchev–Trinajstić information content (AvgIpc) is 2.77. The van der Waals surface area contributed by atoms with Crippen LogP contribution in [0.5, 0.6) is 5.75 Å². The van der Waals surface area contributed by atoms with Gasteiger partial charge in [0.2, 0.25) is 0 Å². The Morgan fingerprint density at radius 1 is 0.622 bits per heavy atom. The fourth-order valence-electron chi connectivity index (χ4n) is 3.59. The molecule has 0 amide bonds. The zero-order chi connectivity index (χ0) is 27.5. The Kier molecular flexibility index (Phi) is 6.10. The molecule has 0 radical (unpaired) electrons. The van der Waals surface area contributed by atoms with Crippen LogP contribution in [-0.2, 0) is 30.4 Å². The average molecular weight is 569 g/mol. The van der Waals surface area contributed by atoms with E-state index in [1.54, 1.807) is 0 Å². The summed E-state index contributed by atoms with van der Waals surface area (Å²) in [4.78, 5) is -2.22. The van der Waals surface area contributed by atoms with Crippen molar-refractivity contribution in [1.29, 1.82) is 0 Å². The van der Waals surface area contributed by atoms with Crippen molar-refractivity contribution in [1.82, 2.24) is 0 Å². The molecule has 0 heterocycles. The molecule has 8 N–H and O–H groups in total. The lowest BCUT2D eigenvalue weighted by molar-refractivity contribution is 0.472. The molecule has 0 aromatic heterocycles. The van der Waals surface area contributed by atoms with E-state index in [1.165, 1.54) is 18.2 Å². The number of azo groups is 1. The molecule has 0 bridgehead atoms. The number of fused-ring (bicyclic) bond motifs is 2. The van der Waals surface area contributed by atoms with Crippen molar-refractivity contribution in [3.63, 3.8) is 0 Å². The summed E-state index contributed by atoms with van der Waals surface area (Å²) < 4.78 is 98.8. The maximum atomic E-state index is 12.1. The minimum Gasteiger partial charge on any atom is -0.505 e. The lowest BCUT2D eigenvalue weighted by Crippen LogP contribution is -2.04. The number of phenols is 1. The fraction of sp³-hybridized carbons (Fsp3) is 0. The molecule has 0 saturated heterocycles. The van der Waals surface area contributed by atoms with Gasteiger partial charge in [-0.1, -0.05) is 6.07 Å². The van der Waals surface area contributed by atoms with E-state index in [4.69, 9.17) is 11.5 Å². The number of nitrogen functional groups attached to an aromatic ring is 2. The summed E-state index contributed by atoms with van der Waals surface area (Å²) in [5.41, 5.74) is 10.5. The highest BCUT2D eigenvalue weighted by atomic mass is 32.2. The Hall–Kier alpha value is -3.87. The number of phenolic OH excluding ortho intramolecular Hbond substituents is 1. The van der Waals surface area contributed by atoms with Crippen molar-refractivity contribution >= 4 is 74.6 Å². The predicted molar refractivity (Wildman–Crippen MR) is 132 cm³/mol. The Labute approximate surface area is 209 Å². The molecule has 4 rings (SSSR count). The van der Waals surface area contributed by atoms with E-state index >= 15 is 0 Å². The summed E-state index contributed by atoms with van der Waals surface area (Å²) in [6.45, 7) is 0. The van der Waals surface area contributed by atoms with Crippen LogP contribution in [0.4, 0.5) is 22.7 Å². The van der Waals surface area contributed by atoms with Crippen LogP contribution in [0, 0.1) is 0 Å². The summed E-state index contributed by atoms with van der Waals surface area (Å²) >= 11 is 0. The molecule has 37 heavy (non-hydrogen) atoms. The molecular weight excluding hydrogens is 552 g/mol. The molecule has 0 fully saturated rings. The SMILES string of the molecule is Nc1cc2c(O)c(/N=N/c3ccc(N)c4ccc(S(=O)(=O)O)cc34)c(S(=O)(=O)O)cc2cc1S(=O)(=O)O. The van der Waals surface area contributed by atoms with Crippen LogP contribution in [-0.4, -0.2) is 44.0 Å². The van der Waals surface area contributed by atoms with Gasteiger partial charge in [-0.15, -0.1) is 10.2 Å². The monoisotopic (exact) mass is 568 g/mol. The third-order valence-corrected chi connectivity index (χ3v) is 7.92. The van der Waals surface area contributed by atoms with Crippen LogP contribution in [0.25, 0.3) is 21.5 Å². The number of hydrogen-bond donors (Lipinski definition) is 6. The van der Waals surface area contributed by atoms with Crippen LogP contribution >= 0.6 is 0 Å². The predicted octanol–water partition coefficient (Wildman–Crippen LogP) is 3.02. The number of anilines is 2. The summed E-state index contributed by atoms with van der Waals surface area (Å²) in [5.74, 6) is -0.860. The number of rotatable bonds is 5. The minimum absolute atomic E-state index is 0.0586. The smallest absolute Gasteiger partial charge is 0.296 e. The number of aromatic hydroxyl groups is 1. The van der Waals surface area contributed by atoms with Gasteiger partial charge < -0.3 is 16.6 Å². The molecule has 0 aliphatic heterocycles. The van der Waals surface area contributed by atoms with E-state index in [-0.39, 0.29) is 27.5 Å². The molecule has 0 atom stereocenters. The molecule has 0 spiro atoms. The van der Waals surface area contributed by atoms with Crippen molar-refractivity contribution in [3.8, 4) is 5.75 Å². The number of hydrogen-bond acceptors (Lipinski definition) is 11. The van der Waals surface area contributed by atoms with Gasteiger partial charge in [0.05, 0.1) is 16.3 Å². The van der Waals surface area contributed by atoms with Crippen LogP contribution in [0.1, 0.15) is 0 Å². The second kappa shape index (κ2) is 8.61. The summed E-state index contributed by atoms with van der Waals surface area (Å²) in [5, 5.41) is 18.4. The molecule has 194 valence electrons. The molecule has 4 aromatic rings. The second-order valence-electron chi connectivity index (χ2n) is 7.69. The first-order chi connectivity index (χ1) is 17.0. The van der Waals surface area contributed by atoms with E-state index in [2.05, 4.69) is 10.2 Å². The van der Waals surface area contributed by atoms with Crippen molar-refractivity contribution in [2.75, 3.05) is 11.5 Å². The highest BCUT2D eigenvalue weighted by Gasteiger charge is 2.24. The first-order valence-electron chi connectivity index (χ1n) is 9.74. The summed E-state index contributed by atoms with van der Waals surface area (Å²) in [6, 6.07) is 8.67. The largest absolute Gasteiger partial charge is 0.505 e. The van der Waals surface area contributed by atoms with Crippen molar-refractivity contribution < 1.29 is 44.0 Å². The van der Waals surface area contributed by atoms with Crippen LogP contribution in [0.3, 0.4) is 0 Å². The van der Waals surface area contributed by atoms with Crippen LogP contribution in [0.2, 0.25) is 0 Å². The van der Waals surface area contributed by atoms with E-state index < -0.39 is 62.2 Å². The molecular formula is C20H16N4O10S3. The lowest BCUT2D eigenvalue weighted by Gasteiger charge is -2.11. The zero-order valence-corrected chi connectivity index (χ0v) is 20.6. The number of benzene rings is 4. The van der Waals surface area contributed by atoms with Gasteiger partial charge in [-0.3, -0.25) is 13.7 Å². The normalized spacial score (nSPS) is 13.1. The summed E-state index contributed by atoms with van der Waals surface area (Å²) in [6.07, 6.45) is 0. The number of nitrogens with two attached hydrogens (primary N) is 2. The van der Waals surface area contributed by atoms with Crippen molar-refractivity contribution in [3.05, 3.63) is 48.5 Å². The Morgan fingerprint density at radius 2 is 1.24 bits per heavy atom. The van der Waals surface area contributed by atoms with Crippen LogP contribution in [0.15, 0.2) is 73.4 Å². The Balaban J connectivity index is 2.01. The Morgan fingerprint density at radius 3 is 1.84 bits per heavy atom. The van der Waals surface area contributed by atoms with Crippen molar-refractivity contribution in [2.45, 2.75) is 14.7 Å². The molecule has 0 saturated carbocycles. The topological polar surface area (TPSA) is 260 Å². The highest BCUT2D eigenvalue weighted by molar-refractivity contribution is 7.86. The molecule has 0 aliphatic rings. The summed E-state index contributed by atoms with van der Waals surface area (Å²) in [7, 11) is -14.5. The van der Waals surface area contributed by atoms with E-state index in [1.807, 2.05) is 0 Å². The third-order valence-electron chi connectivity index (χ3n) is 5.29. The van der Waals surface area contributed by atoms with Gasteiger partial charge in [-0.05, 0) is 47.9 Å². The zero-order valence-electron chi connectivity index (χ0n) is 18.1.